The number of anilines is 1. The number of pyridine rings is 1. The Labute approximate surface area is 236 Å². The van der Waals surface area contributed by atoms with Crippen LogP contribution in [0.25, 0.3) is 16.0 Å². The van der Waals surface area contributed by atoms with Crippen LogP contribution in [-0.2, 0) is 9.59 Å². The number of rotatable bonds is 5. The van der Waals surface area contributed by atoms with Crippen LogP contribution >= 0.6 is 46.1 Å². The number of aromatic nitrogens is 2. The molecule has 38 heavy (non-hydrogen) atoms. The molecule has 1 aliphatic heterocycles. The predicted molar refractivity (Wildman–Crippen MR) is 148 cm³/mol. The summed E-state index contributed by atoms with van der Waals surface area (Å²) in [4.78, 5) is 37.2. The summed E-state index contributed by atoms with van der Waals surface area (Å²) in [6, 6.07) is 8.87. The number of hydrogen-bond acceptors (Lipinski definition) is 8. The van der Waals surface area contributed by atoms with Crippen molar-refractivity contribution in [3.63, 3.8) is 0 Å². The van der Waals surface area contributed by atoms with Crippen LogP contribution in [0.5, 0.6) is 11.5 Å². The molecule has 12 heteroatoms. The number of hydrogen-bond donors (Lipinski definition) is 1. The highest BCUT2D eigenvalue weighted by atomic mass is 35.5. The van der Waals surface area contributed by atoms with Gasteiger partial charge in [-0.1, -0.05) is 52.2 Å². The normalized spacial score (nSPS) is 16.9. The number of amides is 1. The summed E-state index contributed by atoms with van der Waals surface area (Å²) in [6.45, 7) is 1.86. The Hall–Kier alpha value is -3.37. The molecular weight excluding hydrogens is 573 g/mol. The fourth-order valence-electron chi connectivity index (χ4n) is 4.28. The first-order valence-corrected chi connectivity index (χ1v) is 13.0. The smallest absolute Gasteiger partial charge is 0.301 e. The maximum Gasteiger partial charge on any atom is 0.301 e. The molecule has 0 saturated carbocycles. The topological polar surface area (TPSA) is 102 Å². The van der Waals surface area contributed by atoms with Crippen LogP contribution in [0.4, 0.5) is 5.13 Å². The van der Waals surface area contributed by atoms with E-state index in [1.165, 1.54) is 42.7 Å². The van der Waals surface area contributed by atoms with E-state index >= 15 is 0 Å². The number of methoxy groups -OCH3 is 2. The van der Waals surface area contributed by atoms with Gasteiger partial charge in [0.15, 0.2) is 16.6 Å². The van der Waals surface area contributed by atoms with Crippen molar-refractivity contribution in [3.8, 4) is 11.5 Å². The quantitative estimate of drug-likeness (QED) is 0.159. The molecule has 1 fully saturated rings. The number of aliphatic hydroxyl groups excluding tert-OH is 1. The maximum atomic E-state index is 13.5. The summed E-state index contributed by atoms with van der Waals surface area (Å²) in [6.07, 6.45) is 1.53. The third-order valence-corrected chi connectivity index (χ3v) is 8.12. The van der Waals surface area contributed by atoms with Crippen molar-refractivity contribution in [3.05, 3.63) is 80.1 Å². The summed E-state index contributed by atoms with van der Waals surface area (Å²) >= 11 is 20.3. The summed E-state index contributed by atoms with van der Waals surface area (Å²) in [5.41, 5.74) is 1.54. The molecule has 194 valence electrons. The van der Waals surface area contributed by atoms with Crippen LogP contribution in [-0.4, -0.2) is 41.0 Å². The summed E-state index contributed by atoms with van der Waals surface area (Å²) in [5, 5.41) is 12.4. The number of aryl methyl sites for hydroxylation is 1. The van der Waals surface area contributed by atoms with Crippen molar-refractivity contribution in [2.45, 2.75) is 13.0 Å². The van der Waals surface area contributed by atoms with Gasteiger partial charge in [-0.15, -0.1) is 0 Å². The van der Waals surface area contributed by atoms with E-state index in [0.717, 1.165) is 10.3 Å². The van der Waals surface area contributed by atoms with Crippen LogP contribution in [0.3, 0.4) is 0 Å². The third-order valence-electron chi connectivity index (χ3n) is 6.07. The first-order valence-electron chi connectivity index (χ1n) is 11.1. The van der Waals surface area contributed by atoms with E-state index in [4.69, 9.17) is 44.3 Å². The van der Waals surface area contributed by atoms with Gasteiger partial charge < -0.3 is 14.6 Å². The Kier molecular flexibility index (Phi) is 6.96. The van der Waals surface area contributed by atoms with Gasteiger partial charge in [-0.3, -0.25) is 19.5 Å². The van der Waals surface area contributed by atoms with E-state index in [9.17, 15) is 14.7 Å². The Morgan fingerprint density at radius 1 is 1.05 bits per heavy atom. The van der Waals surface area contributed by atoms with Crippen LogP contribution < -0.4 is 14.4 Å². The van der Waals surface area contributed by atoms with Gasteiger partial charge in [0.25, 0.3) is 5.78 Å². The second-order valence-electron chi connectivity index (χ2n) is 8.28. The molecule has 8 nitrogen and oxygen atoms in total. The number of nitrogens with zero attached hydrogens (tertiary/aromatic N) is 3. The number of benzene rings is 2. The van der Waals surface area contributed by atoms with E-state index in [0.29, 0.717) is 16.2 Å². The second kappa shape index (κ2) is 10.1. The number of Topliss-reactive ketones (excluding diaryl/α,β-unsaturated/α-hetero) is 1. The molecule has 2 aromatic heterocycles. The van der Waals surface area contributed by atoms with E-state index in [2.05, 4.69) is 9.97 Å². The number of ether oxygens (including phenoxy) is 2. The predicted octanol–water partition coefficient (Wildman–Crippen LogP) is 6.60. The molecule has 0 spiro atoms. The first kappa shape index (κ1) is 26.2. The molecule has 1 aliphatic rings. The average Bonchev–Trinajstić information content (AvgIpc) is 3.41. The highest BCUT2D eigenvalue weighted by Gasteiger charge is 2.49. The molecule has 1 unspecified atom stereocenters. The maximum absolute atomic E-state index is 13.5. The number of thiazole rings is 1. The number of carbonyl (C=O) groups is 2. The molecule has 1 amide bonds. The highest BCUT2D eigenvalue weighted by Crippen LogP contribution is 2.48. The van der Waals surface area contributed by atoms with Crippen molar-refractivity contribution in [2.75, 3.05) is 19.1 Å². The molecule has 0 aliphatic carbocycles. The number of aliphatic hydroxyl groups is 1. The van der Waals surface area contributed by atoms with Crippen LogP contribution in [0.1, 0.15) is 22.9 Å². The number of fused-ring (bicyclic) bond motifs is 1. The number of halogens is 3. The lowest BCUT2D eigenvalue weighted by Crippen LogP contribution is -2.29. The minimum atomic E-state index is -1.10. The third kappa shape index (κ3) is 4.16. The van der Waals surface area contributed by atoms with Gasteiger partial charge >= 0.3 is 5.91 Å². The van der Waals surface area contributed by atoms with Gasteiger partial charge in [0.2, 0.25) is 0 Å². The lowest BCUT2D eigenvalue weighted by Gasteiger charge is -2.22. The summed E-state index contributed by atoms with van der Waals surface area (Å²) < 4.78 is 11.4. The van der Waals surface area contributed by atoms with Gasteiger partial charge in [-0.05, 0) is 42.8 Å². The molecule has 4 aromatic rings. The summed E-state index contributed by atoms with van der Waals surface area (Å²) in [5.74, 6) is -2.20. The standard InChI is InChI=1S/C26H18Cl3N3O5S/c1-11-8-17-16(10-13(11)27)31-26(38-17)32-20(15-6-4-5-7-30-15)18(22(34)25(32)35)21(33)12-9-14(28)24(37-3)19(29)23(12)36-2/h4-10,20,33H,1-3H3/b21-18+. The summed E-state index contributed by atoms with van der Waals surface area (Å²) in [7, 11) is 2.72. The van der Waals surface area contributed by atoms with E-state index in [1.54, 1.807) is 24.3 Å². The first-order chi connectivity index (χ1) is 18.2. The van der Waals surface area contributed by atoms with Crippen LogP contribution in [0.2, 0.25) is 15.1 Å². The van der Waals surface area contributed by atoms with Gasteiger partial charge in [0.1, 0.15) is 16.8 Å². The zero-order valence-corrected chi connectivity index (χ0v) is 23.2. The molecule has 1 atom stereocenters. The molecule has 3 heterocycles. The zero-order valence-electron chi connectivity index (χ0n) is 20.1. The fourth-order valence-corrected chi connectivity index (χ4v) is 6.20. The Morgan fingerprint density at radius 2 is 1.79 bits per heavy atom. The zero-order chi connectivity index (χ0) is 27.3. The van der Waals surface area contributed by atoms with Crippen molar-refractivity contribution in [1.29, 1.82) is 0 Å². The Bertz CT molecular complexity index is 1620. The Morgan fingerprint density at radius 3 is 2.45 bits per heavy atom. The SMILES string of the molecule is COc1c(Cl)cc(/C(O)=C2\C(=O)C(=O)N(c3nc4cc(Cl)c(C)cc4s3)C2c2ccccn2)c(OC)c1Cl. The molecule has 2 aromatic carbocycles. The lowest BCUT2D eigenvalue weighted by molar-refractivity contribution is -0.132. The second-order valence-corrected chi connectivity index (χ2v) is 10.5. The Balaban J connectivity index is 1.77. The monoisotopic (exact) mass is 589 g/mol. The minimum Gasteiger partial charge on any atom is -0.507 e. The molecule has 5 rings (SSSR count). The molecule has 0 bridgehead atoms. The van der Waals surface area contributed by atoms with Gasteiger partial charge in [-0.25, -0.2) is 4.98 Å². The van der Waals surface area contributed by atoms with Gasteiger partial charge in [-0.2, -0.15) is 0 Å². The van der Waals surface area contributed by atoms with Crippen molar-refractivity contribution < 1.29 is 24.2 Å². The minimum absolute atomic E-state index is 0.00825. The lowest BCUT2D eigenvalue weighted by atomic mass is 9.98. The van der Waals surface area contributed by atoms with Crippen molar-refractivity contribution >= 4 is 78.9 Å². The molecule has 0 radical (unpaired) electrons. The van der Waals surface area contributed by atoms with Crippen molar-refractivity contribution in [2.24, 2.45) is 0 Å². The number of carbonyl (C=O) groups excluding carboxylic acids is 2. The molecule has 1 N–H and O–H groups in total. The van der Waals surface area contributed by atoms with Gasteiger partial charge in [0, 0.05) is 11.2 Å². The number of ketones is 1. The highest BCUT2D eigenvalue weighted by molar-refractivity contribution is 7.22. The van der Waals surface area contributed by atoms with Gasteiger partial charge in [0.05, 0.1) is 46.3 Å². The van der Waals surface area contributed by atoms with Crippen molar-refractivity contribution in [1.82, 2.24) is 9.97 Å². The van der Waals surface area contributed by atoms with E-state index in [-0.39, 0.29) is 37.8 Å². The van der Waals surface area contributed by atoms with E-state index < -0.39 is 23.5 Å². The average molecular weight is 591 g/mol. The van der Waals surface area contributed by atoms with Crippen LogP contribution in [0, 0.1) is 6.92 Å². The van der Waals surface area contributed by atoms with E-state index in [1.807, 2.05) is 13.0 Å². The largest absolute Gasteiger partial charge is 0.507 e. The molecular formula is C26H18Cl3N3O5S. The molecule has 1 saturated heterocycles. The van der Waals surface area contributed by atoms with Crippen LogP contribution in [0.15, 0.2) is 48.2 Å². The fraction of sp³-hybridized carbons (Fsp3) is 0.154.